The molecule has 34 heavy (non-hydrogen) atoms. The van der Waals surface area contributed by atoms with Gasteiger partial charge in [-0.3, -0.25) is 24.3 Å². The molecule has 0 atom stereocenters. The summed E-state index contributed by atoms with van der Waals surface area (Å²) in [6, 6.07) is 14.8. The number of aryl methyl sites for hydroxylation is 1. The van der Waals surface area contributed by atoms with Crippen molar-refractivity contribution in [2.24, 2.45) is 0 Å². The van der Waals surface area contributed by atoms with Gasteiger partial charge in [-0.05, 0) is 42.8 Å². The number of amides is 1. The number of non-ortho nitro benzene ring substituents is 1. The lowest BCUT2D eigenvalue weighted by Gasteiger charge is -2.14. The standard InChI is InChI=1S/C23H16ClFN4O4S/c1-13-6-7-15(29(32)33)11-20(13)26-21(30)12-34-23-27-19-5-3-2-4-16(19)22(31)28(23)14-8-9-18(25)17(24)10-14/h2-11H,12H2,1H3,(H,26,30). The monoisotopic (exact) mass is 498 g/mol. The zero-order chi connectivity index (χ0) is 24.4. The van der Waals surface area contributed by atoms with Gasteiger partial charge in [-0.15, -0.1) is 0 Å². The van der Waals surface area contributed by atoms with Crippen molar-refractivity contribution in [3.8, 4) is 5.69 Å². The van der Waals surface area contributed by atoms with Gasteiger partial charge in [0.15, 0.2) is 5.16 Å². The number of hydrogen-bond donors (Lipinski definition) is 1. The number of hydrogen-bond acceptors (Lipinski definition) is 6. The number of aromatic nitrogens is 2. The van der Waals surface area contributed by atoms with Crippen LogP contribution in [0.5, 0.6) is 0 Å². The van der Waals surface area contributed by atoms with Crippen molar-refractivity contribution >= 4 is 51.5 Å². The van der Waals surface area contributed by atoms with Gasteiger partial charge in [-0.1, -0.05) is 41.6 Å². The van der Waals surface area contributed by atoms with Crippen molar-refractivity contribution in [1.82, 2.24) is 9.55 Å². The number of fused-ring (bicyclic) bond motifs is 1. The van der Waals surface area contributed by atoms with Crippen LogP contribution in [-0.2, 0) is 4.79 Å². The van der Waals surface area contributed by atoms with E-state index in [4.69, 9.17) is 11.6 Å². The molecule has 3 aromatic carbocycles. The summed E-state index contributed by atoms with van der Waals surface area (Å²) in [5.41, 5.74) is 1.17. The van der Waals surface area contributed by atoms with E-state index in [2.05, 4.69) is 10.3 Å². The van der Waals surface area contributed by atoms with E-state index in [1.54, 1.807) is 37.3 Å². The summed E-state index contributed by atoms with van der Waals surface area (Å²) in [4.78, 5) is 40.9. The Morgan fingerprint density at radius 1 is 1.21 bits per heavy atom. The van der Waals surface area contributed by atoms with Gasteiger partial charge in [-0.25, -0.2) is 9.37 Å². The number of halogens is 2. The summed E-state index contributed by atoms with van der Waals surface area (Å²) in [5.74, 6) is -1.21. The van der Waals surface area contributed by atoms with Gasteiger partial charge in [0.05, 0.1) is 38.0 Å². The maximum atomic E-state index is 13.7. The number of benzene rings is 3. The van der Waals surface area contributed by atoms with Crippen molar-refractivity contribution in [2.75, 3.05) is 11.1 Å². The highest BCUT2D eigenvalue weighted by Crippen LogP contribution is 2.26. The molecular formula is C23H16ClFN4O4S. The number of para-hydroxylation sites is 1. The first-order chi connectivity index (χ1) is 16.2. The van der Waals surface area contributed by atoms with Gasteiger partial charge >= 0.3 is 0 Å². The summed E-state index contributed by atoms with van der Waals surface area (Å²) in [7, 11) is 0. The van der Waals surface area contributed by atoms with Crippen LogP contribution in [0.1, 0.15) is 5.56 Å². The molecule has 4 rings (SSSR count). The first-order valence-electron chi connectivity index (χ1n) is 9.89. The second-order valence-electron chi connectivity index (χ2n) is 7.24. The van der Waals surface area contributed by atoms with E-state index in [1.165, 1.54) is 28.8 Å². The molecule has 0 saturated carbocycles. The number of rotatable bonds is 6. The van der Waals surface area contributed by atoms with Crippen LogP contribution < -0.4 is 10.9 Å². The van der Waals surface area contributed by atoms with E-state index in [9.17, 15) is 24.1 Å². The number of carbonyl (C=O) groups is 1. The number of nitro groups is 1. The summed E-state index contributed by atoms with van der Waals surface area (Å²) >= 11 is 6.92. The molecule has 1 amide bonds. The third kappa shape index (κ3) is 4.78. The molecule has 8 nitrogen and oxygen atoms in total. The van der Waals surface area contributed by atoms with Crippen LogP contribution in [0.2, 0.25) is 5.02 Å². The number of nitrogens with zero attached hydrogens (tertiary/aromatic N) is 3. The molecule has 172 valence electrons. The Balaban J connectivity index is 1.67. The quantitative estimate of drug-likeness (QED) is 0.171. The highest BCUT2D eigenvalue weighted by atomic mass is 35.5. The summed E-state index contributed by atoms with van der Waals surface area (Å²) in [6.07, 6.45) is 0. The maximum absolute atomic E-state index is 13.7. The summed E-state index contributed by atoms with van der Waals surface area (Å²) in [5, 5.41) is 14.1. The number of thioether (sulfide) groups is 1. The van der Waals surface area contributed by atoms with Gasteiger partial charge < -0.3 is 5.32 Å². The zero-order valence-corrected chi connectivity index (χ0v) is 19.2. The number of nitrogens with one attached hydrogen (secondary N) is 1. The molecule has 1 heterocycles. The van der Waals surface area contributed by atoms with E-state index in [1.807, 2.05) is 0 Å². The molecule has 4 aromatic rings. The molecule has 0 saturated heterocycles. The molecule has 1 N–H and O–H groups in total. The van der Waals surface area contributed by atoms with E-state index in [-0.39, 0.29) is 21.6 Å². The second kappa shape index (κ2) is 9.62. The minimum Gasteiger partial charge on any atom is -0.325 e. The van der Waals surface area contributed by atoms with E-state index >= 15 is 0 Å². The van der Waals surface area contributed by atoms with Crippen LogP contribution in [0.15, 0.2) is 70.6 Å². The Hall–Kier alpha value is -3.76. The van der Waals surface area contributed by atoms with Crippen molar-refractivity contribution < 1.29 is 14.1 Å². The topological polar surface area (TPSA) is 107 Å². The smallest absolute Gasteiger partial charge is 0.271 e. The van der Waals surface area contributed by atoms with E-state index in [0.29, 0.717) is 27.8 Å². The second-order valence-corrected chi connectivity index (χ2v) is 8.59. The third-order valence-corrected chi connectivity index (χ3v) is 6.17. The number of anilines is 1. The molecule has 0 aliphatic carbocycles. The average molecular weight is 499 g/mol. The van der Waals surface area contributed by atoms with Crippen LogP contribution >= 0.6 is 23.4 Å². The largest absolute Gasteiger partial charge is 0.325 e. The van der Waals surface area contributed by atoms with Gasteiger partial charge in [0.2, 0.25) is 5.91 Å². The third-order valence-electron chi connectivity index (χ3n) is 4.94. The molecule has 0 bridgehead atoms. The van der Waals surface area contributed by atoms with E-state index in [0.717, 1.165) is 17.8 Å². The lowest BCUT2D eigenvalue weighted by atomic mass is 10.2. The predicted molar refractivity (Wildman–Crippen MR) is 129 cm³/mol. The first-order valence-corrected chi connectivity index (χ1v) is 11.3. The molecular weight excluding hydrogens is 483 g/mol. The fraction of sp³-hybridized carbons (Fsp3) is 0.0870. The Kier molecular flexibility index (Phi) is 6.62. The molecule has 0 spiro atoms. The van der Waals surface area contributed by atoms with Gasteiger partial charge in [0.25, 0.3) is 11.2 Å². The van der Waals surface area contributed by atoms with Crippen LogP contribution in [0.25, 0.3) is 16.6 Å². The predicted octanol–water partition coefficient (Wildman–Crippen LogP) is 5.13. The van der Waals surface area contributed by atoms with Crippen LogP contribution in [-0.4, -0.2) is 26.1 Å². The molecule has 11 heteroatoms. The minimum absolute atomic E-state index is 0.137. The molecule has 0 aliphatic heterocycles. The van der Waals surface area contributed by atoms with Gasteiger partial charge in [-0.2, -0.15) is 0 Å². The normalized spacial score (nSPS) is 10.9. The maximum Gasteiger partial charge on any atom is 0.271 e. The van der Waals surface area contributed by atoms with Gasteiger partial charge in [0.1, 0.15) is 5.82 Å². The number of carbonyl (C=O) groups excluding carboxylic acids is 1. The average Bonchev–Trinajstić information content (AvgIpc) is 2.81. The van der Waals surface area contributed by atoms with Crippen LogP contribution in [0.4, 0.5) is 15.8 Å². The Morgan fingerprint density at radius 2 is 1.97 bits per heavy atom. The fourth-order valence-electron chi connectivity index (χ4n) is 3.24. The molecule has 1 aromatic heterocycles. The number of nitro benzene ring substituents is 1. The van der Waals surface area contributed by atoms with E-state index < -0.39 is 22.2 Å². The van der Waals surface area contributed by atoms with Crippen molar-refractivity contribution in [2.45, 2.75) is 12.1 Å². The lowest BCUT2D eigenvalue weighted by molar-refractivity contribution is -0.384. The molecule has 0 aliphatic rings. The molecule has 0 radical (unpaired) electrons. The molecule has 0 fully saturated rings. The highest BCUT2D eigenvalue weighted by molar-refractivity contribution is 7.99. The van der Waals surface area contributed by atoms with Crippen LogP contribution in [0.3, 0.4) is 0 Å². The minimum atomic E-state index is -0.631. The Bertz CT molecular complexity index is 1510. The molecule has 0 unspecified atom stereocenters. The Morgan fingerprint density at radius 3 is 2.71 bits per heavy atom. The SMILES string of the molecule is Cc1ccc([N+](=O)[O-])cc1NC(=O)CSc1nc2ccccc2c(=O)n1-c1ccc(F)c(Cl)c1. The van der Waals surface area contributed by atoms with Crippen molar-refractivity contribution in [1.29, 1.82) is 0 Å². The first kappa shape index (κ1) is 23.4. The highest BCUT2D eigenvalue weighted by Gasteiger charge is 2.17. The van der Waals surface area contributed by atoms with Crippen LogP contribution in [0, 0.1) is 22.9 Å². The lowest BCUT2D eigenvalue weighted by Crippen LogP contribution is -2.23. The zero-order valence-electron chi connectivity index (χ0n) is 17.6. The van der Waals surface area contributed by atoms with Gasteiger partial charge in [0, 0.05) is 12.1 Å². The summed E-state index contributed by atoms with van der Waals surface area (Å²) in [6.45, 7) is 1.72. The summed E-state index contributed by atoms with van der Waals surface area (Å²) < 4.78 is 15.0. The van der Waals surface area contributed by atoms with Crippen molar-refractivity contribution in [3.63, 3.8) is 0 Å². The fourth-order valence-corrected chi connectivity index (χ4v) is 4.22. The Labute approximate surface area is 201 Å². The van der Waals surface area contributed by atoms with Crippen molar-refractivity contribution in [3.05, 3.63) is 97.5 Å².